The molecule has 4 aromatic carbocycles. The molecule has 0 amide bonds. The fraction of sp³-hybridized carbons (Fsp3) is 0.289. The van der Waals surface area contributed by atoms with Gasteiger partial charge in [-0.1, -0.05) is 37.4 Å². The normalized spacial score (nSPS) is 11.6. The topological polar surface area (TPSA) is 124 Å². The van der Waals surface area contributed by atoms with Crippen LogP contribution < -0.4 is 18.9 Å². The van der Waals surface area contributed by atoms with Gasteiger partial charge in [-0.05, 0) is 99.2 Å². The number of hydrogen-bond acceptors (Lipinski definition) is 10. The van der Waals surface area contributed by atoms with Crippen LogP contribution in [0.1, 0.15) is 71.4 Å². The summed E-state index contributed by atoms with van der Waals surface area (Å²) in [7, 11) is 0. The smallest absolute Gasteiger partial charge is 0.411 e. The molecule has 0 aliphatic heterocycles. The molecule has 0 atom stereocenters. The number of alkyl halides is 6. The third-order valence-electron chi connectivity index (χ3n) is 8.95. The summed E-state index contributed by atoms with van der Waals surface area (Å²) in [6.07, 6.45) is -10.3. The van der Waals surface area contributed by atoms with Crippen molar-refractivity contribution in [3.8, 4) is 23.0 Å². The van der Waals surface area contributed by atoms with Gasteiger partial charge in [-0.2, -0.15) is 26.3 Å². The van der Waals surface area contributed by atoms with Crippen LogP contribution in [-0.4, -0.2) is 62.7 Å². The molecule has 0 aliphatic rings. The minimum absolute atomic E-state index is 0.0330. The fourth-order valence-electron chi connectivity index (χ4n) is 5.72. The molecule has 0 N–H and O–H groups in total. The second-order valence-corrected chi connectivity index (χ2v) is 13.8. The zero-order chi connectivity index (χ0) is 46.5. The molecule has 0 bridgehead atoms. The quantitative estimate of drug-likeness (QED) is 0.0278. The Morgan fingerprint density at radius 3 is 1.11 bits per heavy atom. The summed E-state index contributed by atoms with van der Waals surface area (Å²) in [5.41, 5.74) is -8.06. The number of unbranched alkanes of at least 4 members (excludes halogenated alkanes) is 2. The second-order valence-electron chi connectivity index (χ2n) is 13.8. The molecule has 0 saturated carbocycles. The van der Waals surface area contributed by atoms with Gasteiger partial charge in [0.25, 0.3) is 0 Å². The van der Waals surface area contributed by atoms with Crippen molar-refractivity contribution >= 4 is 23.9 Å². The zero-order valence-corrected chi connectivity index (χ0v) is 33.8. The molecule has 0 spiro atoms. The summed E-state index contributed by atoms with van der Waals surface area (Å²) in [4.78, 5) is 48.3. The number of carbonyl (C=O) groups excluding carboxylic acids is 4. The van der Waals surface area contributed by atoms with E-state index in [2.05, 4.69) is 13.2 Å². The van der Waals surface area contributed by atoms with Crippen LogP contribution in [0.5, 0.6) is 23.0 Å². The molecule has 0 radical (unpaired) electrons. The first-order valence-corrected chi connectivity index (χ1v) is 18.9. The van der Waals surface area contributed by atoms with E-state index in [1.807, 2.05) is 0 Å². The highest BCUT2D eigenvalue weighted by atomic mass is 19.4. The van der Waals surface area contributed by atoms with E-state index in [0.29, 0.717) is 74.2 Å². The van der Waals surface area contributed by atoms with Gasteiger partial charge in [-0.3, -0.25) is 0 Å². The van der Waals surface area contributed by atoms with Gasteiger partial charge >= 0.3 is 36.2 Å². The van der Waals surface area contributed by atoms with Crippen molar-refractivity contribution in [3.63, 3.8) is 0 Å². The van der Waals surface area contributed by atoms with Crippen molar-refractivity contribution in [1.29, 1.82) is 0 Å². The summed E-state index contributed by atoms with van der Waals surface area (Å²) in [5.74, 6) is -6.86. The lowest BCUT2D eigenvalue weighted by molar-refractivity contribution is -0.288. The van der Waals surface area contributed by atoms with Gasteiger partial charge in [0.15, 0.2) is 0 Å². The van der Waals surface area contributed by atoms with Gasteiger partial charge in [0.05, 0.1) is 37.6 Å². The number of halogens is 8. The number of benzene rings is 4. The lowest BCUT2D eigenvalue weighted by atomic mass is 9.73. The van der Waals surface area contributed by atoms with Crippen LogP contribution in [0.4, 0.5) is 35.1 Å². The molecule has 63 heavy (non-hydrogen) atoms. The molecule has 0 fully saturated rings. The number of ether oxygens (including phenoxy) is 6. The van der Waals surface area contributed by atoms with Crippen molar-refractivity contribution in [2.45, 2.75) is 57.3 Å². The molecule has 0 aromatic heterocycles. The Morgan fingerprint density at radius 2 is 0.810 bits per heavy atom. The minimum Gasteiger partial charge on any atom is -0.493 e. The van der Waals surface area contributed by atoms with Crippen molar-refractivity contribution in [1.82, 2.24) is 0 Å². The highest BCUT2D eigenvalue weighted by Crippen LogP contribution is 2.56. The molecular weight excluding hydrogens is 852 g/mol. The number of hydrogen-bond donors (Lipinski definition) is 0. The van der Waals surface area contributed by atoms with Crippen molar-refractivity contribution in [2.24, 2.45) is 0 Å². The van der Waals surface area contributed by atoms with Crippen LogP contribution in [0.15, 0.2) is 109 Å². The van der Waals surface area contributed by atoms with E-state index in [4.69, 9.17) is 28.4 Å². The molecule has 0 saturated heterocycles. The Balaban J connectivity index is 1.41. The number of rotatable bonds is 20. The van der Waals surface area contributed by atoms with Crippen LogP contribution in [0, 0.1) is 11.6 Å². The summed E-state index contributed by atoms with van der Waals surface area (Å²) in [5, 5.41) is 0. The van der Waals surface area contributed by atoms with Crippen LogP contribution in [0.25, 0.3) is 0 Å². The predicted octanol–water partition coefficient (Wildman–Crippen LogP) is 10.4. The van der Waals surface area contributed by atoms with Crippen molar-refractivity contribution in [2.75, 3.05) is 26.4 Å². The van der Waals surface area contributed by atoms with E-state index in [1.165, 1.54) is 26.0 Å². The van der Waals surface area contributed by atoms with Crippen LogP contribution in [-0.2, 0) is 24.5 Å². The third-order valence-corrected chi connectivity index (χ3v) is 8.95. The molecule has 4 rings (SSSR count). The molecule has 336 valence electrons. The molecule has 18 heteroatoms. The fourth-order valence-corrected chi connectivity index (χ4v) is 5.72. The van der Waals surface area contributed by atoms with E-state index in [1.54, 1.807) is 0 Å². The van der Waals surface area contributed by atoms with Gasteiger partial charge < -0.3 is 28.4 Å². The molecular formula is C45H40F8O10. The summed E-state index contributed by atoms with van der Waals surface area (Å²) in [6.45, 7) is 10.3. The van der Waals surface area contributed by atoms with E-state index in [0.717, 1.165) is 24.3 Å². The van der Waals surface area contributed by atoms with Crippen molar-refractivity contribution < 1.29 is 82.7 Å². The number of esters is 4. The molecule has 0 unspecified atom stereocenters. The summed E-state index contributed by atoms with van der Waals surface area (Å²) >= 11 is 0. The van der Waals surface area contributed by atoms with E-state index in [9.17, 15) is 54.3 Å². The Hall–Kier alpha value is -6.72. The average molecular weight is 893 g/mol. The van der Waals surface area contributed by atoms with Gasteiger partial charge in [-0.25, -0.2) is 28.0 Å². The maximum absolute atomic E-state index is 14.8. The van der Waals surface area contributed by atoms with E-state index in [-0.39, 0.29) is 49.1 Å². The van der Waals surface area contributed by atoms with Gasteiger partial charge in [0, 0.05) is 23.3 Å². The highest BCUT2D eigenvalue weighted by Gasteiger charge is 2.72. The minimum atomic E-state index is -6.02. The van der Waals surface area contributed by atoms with Gasteiger partial charge in [0.1, 0.15) is 34.6 Å². The Morgan fingerprint density at radius 1 is 0.492 bits per heavy atom. The summed E-state index contributed by atoms with van der Waals surface area (Å²) in [6, 6.07) is 10.7. The molecule has 0 aliphatic carbocycles. The van der Waals surface area contributed by atoms with E-state index >= 15 is 0 Å². The Labute approximate surface area is 356 Å². The average Bonchev–Trinajstić information content (AvgIpc) is 3.20. The van der Waals surface area contributed by atoms with Gasteiger partial charge in [0.2, 0.25) is 5.41 Å². The Bertz CT molecular complexity index is 2120. The molecule has 4 aromatic rings. The Kier molecular flexibility index (Phi) is 16.6. The van der Waals surface area contributed by atoms with Crippen LogP contribution in [0.2, 0.25) is 0 Å². The van der Waals surface area contributed by atoms with E-state index < -0.39 is 87.0 Å². The first-order valence-electron chi connectivity index (χ1n) is 18.9. The van der Waals surface area contributed by atoms with Gasteiger partial charge in [-0.15, -0.1) is 0 Å². The SMILES string of the molecule is C=C(C)C(=O)OCCCCOc1ccc(C(=O)Oc2ccc(C(c3ccc(OC(=O)c4ccc(OCCCCOC(=O)C(=C)C)cc4F)cc3)(C(F)(F)F)C(F)(F)F)cc2)c(F)c1. The first-order chi connectivity index (χ1) is 29.6. The van der Waals surface area contributed by atoms with Crippen LogP contribution in [0.3, 0.4) is 0 Å². The summed E-state index contributed by atoms with van der Waals surface area (Å²) < 4.78 is 149. The zero-order valence-electron chi connectivity index (χ0n) is 33.8. The second kappa shape index (κ2) is 21.4. The highest BCUT2D eigenvalue weighted by molar-refractivity contribution is 5.92. The standard InChI is InChI=1S/C45H40F8O10/c1-27(2)39(54)60-23-7-5-21-58-33-17-19-35(37(46)25-33)41(56)62-31-13-9-29(10-14-31)43(44(48,49)50,45(51,52)53)30-11-15-32(16-12-30)63-42(57)36-20-18-34(26-38(36)47)59-22-6-8-24-61-40(55)28(3)4/h9-20,25-26H,1,3,5-8,21-24H2,2,4H3. The molecule has 0 heterocycles. The maximum Gasteiger partial charge on any atom is 0.411 e. The molecule has 10 nitrogen and oxygen atoms in total. The largest absolute Gasteiger partial charge is 0.493 e. The lowest BCUT2D eigenvalue weighted by Gasteiger charge is -2.38. The maximum atomic E-state index is 14.8. The lowest BCUT2D eigenvalue weighted by Crippen LogP contribution is -2.54. The predicted molar refractivity (Wildman–Crippen MR) is 209 cm³/mol. The monoisotopic (exact) mass is 892 g/mol. The van der Waals surface area contributed by atoms with Crippen molar-refractivity contribution in [3.05, 3.63) is 143 Å². The third kappa shape index (κ3) is 12.7. The van der Waals surface area contributed by atoms with Crippen LogP contribution >= 0.6 is 0 Å². The first kappa shape index (κ1) is 48.9. The number of carbonyl (C=O) groups is 4.